The minimum Gasteiger partial charge on any atom is -0.494 e. The van der Waals surface area contributed by atoms with Gasteiger partial charge in [0.1, 0.15) is 5.75 Å². The van der Waals surface area contributed by atoms with Gasteiger partial charge in [0.2, 0.25) is 5.91 Å². The third-order valence-corrected chi connectivity index (χ3v) is 2.85. The number of amides is 1. The van der Waals surface area contributed by atoms with E-state index in [1.54, 1.807) is 25.4 Å². The Hall–Kier alpha value is -2.56. The SMILES string of the molecule is CCOc1ccc(CC(=O)Nc2ncccc2OC)cc1. The Morgan fingerprint density at radius 3 is 2.67 bits per heavy atom. The van der Waals surface area contributed by atoms with Crippen LogP contribution in [0.15, 0.2) is 42.6 Å². The number of benzene rings is 1. The average Bonchev–Trinajstić information content (AvgIpc) is 2.50. The smallest absolute Gasteiger partial charge is 0.230 e. The molecule has 2 aromatic rings. The Labute approximate surface area is 123 Å². The fraction of sp³-hybridized carbons (Fsp3) is 0.250. The number of ether oxygens (including phenoxy) is 2. The number of methoxy groups -OCH3 is 1. The molecule has 110 valence electrons. The average molecular weight is 286 g/mol. The van der Waals surface area contributed by atoms with Gasteiger partial charge in [0.15, 0.2) is 11.6 Å². The molecular formula is C16H18N2O3. The lowest BCUT2D eigenvalue weighted by Gasteiger charge is -2.09. The number of hydrogen-bond donors (Lipinski definition) is 1. The van der Waals surface area contributed by atoms with Crippen molar-refractivity contribution < 1.29 is 14.3 Å². The van der Waals surface area contributed by atoms with Crippen LogP contribution in [0.3, 0.4) is 0 Å². The molecule has 1 aromatic heterocycles. The summed E-state index contributed by atoms with van der Waals surface area (Å²) in [6.45, 7) is 2.56. The molecule has 5 nitrogen and oxygen atoms in total. The minimum absolute atomic E-state index is 0.142. The second-order valence-electron chi connectivity index (χ2n) is 4.36. The maximum Gasteiger partial charge on any atom is 0.230 e. The number of aromatic nitrogens is 1. The third-order valence-electron chi connectivity index (χ3n) is 2.85. The maximum absolute atomic E-state index is 12.0. The summed E-state index contributed by atoms with van der Waals surface area (Å²) in [6, 6.07) is 11.0. The highest BCUT2D eigenvalue weighted by atomic mass is 16.5. The summed E-state index contributed by atoms with van der Waals surface area (Å²) in [5.74, 6) is 1.62. The van der Waals surface area contributed by atoms with E-state index < -0.39 is 0 Å². The molecule has 0 saturated carbocycles. The number of hydrogen-bond acceptors (Lipinski definition) is 4. The van der Waals surface area contributed by atoms with Crippen LogP contribution in [0.5, 0.6) is 11.5 Å². The molecule has 1 amide bonds. The molecule has 0 radical (unpaired) electrons. The summed E-state index contributed by atoms with van der Waals surface area (Å²) in [7, 11) is 1.54. The number of anilines is 1. The van der Waals surface area contributed by atoms with Gasteiger partial charge in [-0.2, -0.15) is 0 Å². The Balaban J connectivity index is 1.98. The van der Waals surface area contributed by atoms with Gasteiger partial charge in [-0.25, -0.2) is 4.98 Å². The summed E-state index contributed by atoms with van der Waals surface area (Å²) in [4.78, 5) is 16.1. The maximum atomic E-state index is 12.0. The second kappa shape index (κ2) is 7.28. The zero-order valence-corrected chi connectivity index (χ0v) is 12.1. The molecule has 0 fully saturated rings. The highest BCUT2D eigenvalue weighted by molar-refractivity contribution is 5.92. The van der Waals surface area contributed by atoms with Gasteiger partial charge in [0.25, 0.3) is 0 Å². The van der Waals surface area contributed by atoms with Gasteiger partial charge in [-0.15, -0.1) is 0 Å². The molecule has 1 N–H and O–H groups in total. The van der Waals surface area contributed by atoms with Crippen molar-refractivity contribution in [2.45, 2.75) is 13.3 Å². The molecule has 0 bridgehead atoms. The Kier molecular flexibility index (Phi) is 5.15. The molecular weight excluding hydrogens is 268 g/mol. The van der Waals surface area contributed by atoms with E-state index in [-0.39, 0.29) is 12.3 Å². The van der Waals surface area contributed by atoms with Crippen LogP contribution in [0.4, 0.5) is 5.82 Å². The van der Waals surface area contributed by atoms with Crippen LogP contribution in [0.2, 0.25) is 0 Å². The number of carbonyl (C=O) groups is 1. The van der Waals surface area contributed by atoms with Crippen LogP contribution in [0.25, 0.3) is 0 Å². The van der Waals surface area contributed by atoms with Gasteiger partial charge in [-0.05, 0) is 36.8 Å². The lowest BCUT2D eigenvalue weighted by Crippen LogP contribution is -2.15. The summed E-state index contributed by atoms with van der Waals surface area (Å²) >= 11 is 0. The van der Waals surface area contributed by atoms with E-state index in [0.29, 0.717) is 18.2 Å². The number of nitrogens with one attached hydrogen (secondary N) is 1. The van der Waals surface area contributed by atoms with Crippen molar-refractivity contribution in [2.24, 2.45) is 0 Å². The van der Waals surface area contributed by atoms with Gasteiger partial charge < -0.3 is 14.8 Å². The van der Waals surface area contributed by atoms with Crippen molar-refractivity contribution in [1.29, 1.82) is 0 Å². The fourth-order valence-electron chi connectivity index (χ4n) is 1.88. The van der Waals surface area contributed by atoms with Gasteiger partial charge in [0, 0.05) is 6.20 Å². The summed E-state index contributed by atoms with van der Waals surface area (Å²) < 4.78 is 10.5. The van der Waals surface area contributed by atoms with E-state index in [9.17, 15) is 4.79 Å². The summed E-state index contributed by atoms with van der Waals surface area (Å²) in [5.41, 5.74) is 0.908. The van der Waals surface area contributed by atoms with Crippen LogP contribution >= 0.6 is 0 Å². The van der Waals surface area contributed by atoms with E-state index in [1.807, 2.05) is 31.2 Å². The largest absolute Gasteiger partial charge is 0.494 e. The molecule has 0 atom stereocenters. The van der Waals surface area contributed by atoms with E-state index in [2.05, 4.69) is 10.3 Å². The van der Waals surface area contributed by atoms with E-state index in [1.165, 1.54) is 0 Å². The first-order valence-electron chi connectivity index (χ1n) is 6.73. The highest BCUT2D eigenvalue weighted by Gasteiger charge is 2.09. The molecule has 0 unspecified atom stereocenters. The molecule has 21 heavy (non-hydrogen) atoms. The predicted molar refractivity (Wildman–Crippen MR) is 80.7 cm³/mol. The molecule has 0 saturated heterocycles. The highest BCUT2D eigenvalue weighted by Crippen LogP contribution is 2.20. The normalized spacial score (nSPS) is 10.0. The van der Waals surface area contributed by atoms with Crippen LogP contribution in [-0.4, -0.2) is 24.6 Å². The van der Waals surface area contributed by atoms with Crippen LogP contribution < -0.4 is 14.8 Å². The third kappa shape index (κ3) is 4.21. The molecule has 1 heterocycles. The number of carbonyl (C=O) groups excluding carboxylic acids is 1. The topological polar surface area (TPSA) is 60.5 Å². The molecule has 1 aromatic carbocycles. The molecule has 0 aliphatic carbocycles. The number of nitrogens with zero attached hydrogens (tertiary/aromatic N) is 1. The Morgan fingerprint density at radius 1 is 1.24 bits per heavy atom. The van der Waals surface area contributed by atoms with Crippen molar-refractivity contribution in [3.63, 3.8) is 0 Å². The molecule has 5 heteroatoms. The molecule has 0 spiro atoms. The Morgan fingerprint density at radius 2 is 2.00 bits per heavy atom. The van der Waals surface area contributed by atoms with Crippen LogP contribution in [-0.2, 0) is 11.2 Å². The van der Waals surface area contributed by atoms with Crippen LogP contribution in [0, 0.1) is 0 Å². The quantitative estimate of drug-likeness (QED) is 0.887. The first-order valence-corrected chi connectivity index (χ1v) is 6.73. The van der Waals surface area contributed by atoms with Gasteiger partial charge in [-0.1, -0.05) is 12.1 Å². The standard InChI is InChI=1S/C16H18N2O3/c1-3-21-13-8-6-12(7-9-13)11-15(19)18-16-14(20-2)5-4-10-17-16/h4-10H,3,11H2,1-2H3,(H,17,18,19). The first-order chi connectivity index (χ1) is 10.2. The Bertz CT molecular complexity index is 597. The first kappa shape index (κ1) is 14.8. The van der Waals surface area contributed by atoms with Crippen molar-refractivity contribution in [3.05, 3.63) is 48.2 Å². The van der Waals surface area contributed by atoms with E-state index in [0.717, 1.165) is 11.3 Å². The zero-order valence-electron chi connectivity index (χ0n) is 12.1. The van der Waals surface area contributed by atoms with Crippen molar-refractivity contribution in [3.8, 4) is 11.5 Å². The number of pyridine rings is 1. The van der Waals surface area contributed by atoms with Crippen molar-refractivity contribution in [2.75, 3.05) is 19.0 Å². The van der Waals surface area contributed by atoms with Gasteiger partial charge in [-0.3, -0.25) is 4.79 Å². The summed E-state index contributed by atoms with van der Waals surface area (Å²) in [5, 5.41) is 2.74. The zero-order chi connectivity index (χ0) is 15.1. The number of rotatable bonds is 6. The van der Waals surface area contributed by atoms with Gasteiger partial charge >= 0.3 is 0 Å². The molecule has 0 aliphatic rings. The van der Waals surface area contributed by atoms with Crippen molar-refractivity contribution >= 4 is 11.7 Å². The lowest BCUT2D eigenvalue weighted by molar-refractivity contribution is -0.115. The fourth-order valence-corrected chi connectivity index (χ4v) is 1.88. The monoisotopic (exact) mass is 286 g/mol. The van der Waals surface area contributed by atoms with Crippen molar-refractivity contribution in [1.82, 2.24) is 4.98 Å². The second-order valence-corrected chi connectivity index (χ2v) is 4.36. The van der Waals surface area contributed by atoms with E-state index in [4.69, 9.17) is 9.47 Å². The summed E-state index contributed by atoms with van der Waals surface area (Å²) in [6.07, 6.45) is 1.88. The van der Waals surface area contributed by atoms with Gasteiger partial charge in [0.05, 0.1) is 20.1 Å². The van der Waals surface area contributed by atoms with Crippen LogP contribution in [0.1, 0.15) is 12.5 Å². The molecule has 2 rings (SSSR count). The minimum atomic E-state index is -0.142. The predicted octanol–water partition coefficient (Wildman–Crippen LogP) is 2.67. The van der Waals surface area contributed by atoms with E-state index >= 15 is 0 Å². The lowest BCUT2D eigenvalue weighted by atomic mass is 10.1. The molecule has 0 aliphatic heterocycles.